The van der Waals surface area contributed by atoms with Gasteiger partial charge in [-0.2, -0.15) is 0 Å². The molecule has 0 aromatic heterocycles. The number of hydrogen-bond donors (Lipinski definition) is 3. The van der Waals surface area contributed by atoms with Crippen LogP contribution in [0.3, 0.4) is 0 Å². The second-order valence-corrected chi connectivity index (χ2v) is 7.88. The summed E-state index contributed by atoms with van der Waals surface area (Å²) in [6, 6.07) is 0.433. The largest absolute Gasteiger partial charge is 0.394 e. The fraction of sp³-hybridized carbons (Fsp3) is 1.00. The quantitative estimate of drug-likeness (QED) is 0.249. The van der Waals surface area contributed by atoms with Crippen LogP contribution in [0.15, 0.2) is 0 Å². The molecule has 152 valence electrons. The van der Waals surface area contributed by atoms with Gasteiger partial charge in [0, 0.05) is 12.6 Å². The van der Waals surface area contributed by atoms with Crippen LogP contribution in [0.1, 0.15) is 117 Å². The SMILES string of the molecule is CCCCCCCCCCCCCCCCCC(C)NCC(O)CO. The van der Waals surface area contributed by atoms with E-state index < -0.39 is 6.10 Å². The smallest absolute Gasteiger partial charge is 0.0895 e. The molecule has 0 aromatic rings. The van der Waals surface area contributed by atoms with Gasteiger partial charge in [-0.15, -0.1) is 0 Å². The molecule has 2 atom stereocenters. The summed E-state index contributed by atoms with van der Waals surface area (Å²) in [6.45, 7) is 4.79. The third-order valence-corrected chi connectivity index (χ3v) is 5.15. The molecule has 0 radical (unpaired) electrons. The van der Waals surface area contributed by atoms with Crippen LogP contribution < -0.4 is 5.32 Å². The van der Waals surface area contributed by atoms with Crippen LogP contribution in [0.25, 0.3) is 0 Å². The molecule has 0 amide bonds. The minimum absolute atomic E-state index is 0.154. The lowest BCUT2D eigenvalue weighted by atomic mass is 10.0. The zero-order valence-electron chi connectivity index (χ0n) is 17.3. The maximum absolute atomic E-state index is 9.30. The van der Waals surface area contributed by atoms with Crippen LogP contribution in [0.2, 0.25) is 0 Å². The normalized spacial score (nSPS) is 13.9. The summed E-state index contributed by atoms with van der Waals surface area (Å²) in [5, 5.41) is 21.3. The van der Waals surface area contributed by atoms with Crippen molar-refractivity contribution in [2.75, 3.05) is 13.2 Å². The summed E-state index contributed by atoms with van der Waals surface area (Å²) in [6.07, 6.45) is 21.6. The summed E-state index contributed by atoms with van der Waals surface area (Å²) in [7, 11) is 0. The first-order valence-electron chi connectivity index (χ1n) is 11.2. The van der Waals surface area contributed by atoms with Gasteiger partial charge < -0.3 is 15.5 Å². The number of nitrogens with one attached hydrogen (secondary N) is 1. The van der Waals surface area contributed by atoms with Crippen molar-refractivity contribution in [3.63, 3.8) is 0 Å². The summed E-state index contributed by atoms with van der Waals surface area (Å²) >= 11 is 0. The minimum atomic E-state index is -0.622. The van der Waals surface area contributed by atoms with Gasteiger partial charge in [-0.3, -0.25) is 0 Å². The van der Waals surface area contributed by atoms with Crippen LogP contribution in [-0.2, 0) is 0 Å². The fourth-order valence-electron chi connectivity index (χ4n) is 3.33. The standard InChI is InChI=1S/C22H47NO2/c1-3-4-5-6-7-8-9-10-11-12-13-14-15-16-17-18-21(2)23-19-22(25)20-24/h21-25H,3-20H2,1-2H3. The van der Waals surface area contributed by atoms with Crippen LogP contribution in [-0.4, -0.2) is 35.5 Å². The molecule has 3 N–H and O–H groups in total. The lowest BCUT2D eigenvalue weighted by Gasteiger charge is -2.15. The van der Waals surface area contributed by atoms with E-state index >= 15 is 0 Å². The third kappa shape index (κ3) is 20.0. The van der Waals surface area contributed by atoms with Gasteiger partial charge in [0.25, 0.3) is 0 Å². The van der Waals surface area contributed by atoms with Crippen LogP contribution in [0, 0.1) is 0 Å². The maximum Gasteiger partial charge on any atom is 0.0895 e. The van der Waals surface area contributed by atoms with Crippen molar-refractivity contribution in [3.05, 3.63) is 0 Å². The Bertz CT molecular complexity index is 248. The zero-order chi connectivity index (χ0) is 18.6. The Morgan fingerprint density at radius 1 is 0.680 bits per heavy atom. The molecule has 25 heavy (non-hydrogen) atoms. The average molecular weight is 358 g/mol. The monoisotopic (exact) mass is 357 g/mol. The molecular formula is C22H47NO2. The fourth-order valence-corrected chi connectivity index (χ4v) is 3.33. The second-order valence-electron chi connectivity index (χ2n) is 7.88. The number of aliphatic hydroxyl groups excluding tert-OH is 2. The first-order valence-corrected chi connectivity index (χ1v) is 11.2. The van der Waals surface area contributed by atoms with Gasteiger partial charge in [-0.05, 0) is 13.3 Å². The maximum atomic E-state index is 9.30. The molecule has 0 bridgehead atoms. The summed E-state index contributed by atoms with van der Waals surface area (Å²) in [5.74, 6) is 0. The van der Waals surface area contributed by atoms with E-state index in [0.29, 0.717) is 12.6 Å². The Balaban J connectivity index is 3.11. The Morgan fingerprint density at radius 3 is 1.48 bits per heavy atom. The lowest BCUT2D eigenvalue weighted by Crippen LogP contribution is -2.35. The Kier molecular flexibility index (Phi) is 20.1. The average Bonchev–Trinajstić information content (AvgIpc) is 2.62. The van der Waals surface area contributed by atoms with Gasteiger partial charge >= 0.3 is 0 Å². The Hall–Kier alpha value is -0.120. The van der Waals surface area contributed by atoms with E-state index in [4.69, 9.17) is 5.11 Å². The van der Waals surface area contributed by atoms with Crippen LogP contribution in [0.4, 0.5) is 0 Å². The van der Waals surface area contributed by atoms with Crippen molar-refractivity contribution in [2.45, 2.75) is 129 Å². The molecule has 3 nitrogen and oxygen atoms in total. The molecule has 0 rings (SSSR count). The number of unbranched alkanes of at least 4 members (excludes halogenated alkanes) is 14. The second kappa shape index (κ2) is 20.2. The number of rotatable bonds is 20. The van der Waals surface area contributed by atoms with Crippen molar-refractivity contribution in [1.82, 2.24) is 5.32 Å². The predicted octanol–water partition coefficient (Wildman–Crippen LogP) is 5.58. The van der Waals surface area contributed by atoms with Crippen molar-refractivity contribution in [2.24, 2.45) is 0 Å². The van der Waals surface area contributed by atoms with E-state index in [2.05, 4.69) is 19.2 Å². The van der Waals surface area contributed by atoms with Crippen LogP contribution >= 0.6 is 0 Å². The molecule has 2 unspecified atom stereocenters. The lowest BCUT2D eigenvalue weighted by molar-refractivity contribution is 0.0920. The van der Waals surface area contributed by atoms with Gasteiger partial charge in [-0.25, -0.2) is 0 Å². The Morgan fingerprint density at radius 2 is 1.08 bits per heavy atom. The van der Waals surface area contributed by atoms with Crippen molar-refractivity contribution in [1.29, 1.82) is 0 Å². The first kappa shape index (κ1) is 24.9. The van der Waals surface area contributed by atoms with E-state index in [9.17, 15) is 5.11 Å². The van der Waals surface area contributed by atoms with Gasteiger partial charge in [-0.1, -0.05) is 103 Å². The van der Waals surface area contributed by atoms with Crippen molar-refractivity contribution in [3.8, 4) is 0 Å². The molecular weight excluding hydrogens is 310 g/mol. The molecule has 3 heteroatoms. The topological polar surface area (TPSA) is 52.5 Å². The zero-order valence-corrected chi connectivity index (χ0v) is 17.3. The van der Waals surface area contributed by atoms with E-state index in [1.165, 1.54) is 96.3 Å². The molecule has 0 saturated heterocycles. The number of aliphatic hydroxyl groups is 2. The molecule has 0 aliphatic rings. The summed E-state index contributed by atoms with van der Waals surface area (Å²) < 4.78 is 0. The molecule has 0 aromatic carbocycles. The van der Waals surface area contributed by atoms with Gasteiger partial charge in [0.05, 0.1) is 12.7 Å². The highest BCUT2D eigenvalue weighted by Crippen LogP contribution is 2.14. The van der Waals surface area contributed by atoms with Crippen LogP contribution in [0.5, 0.6) is 0 Å². The number of hydrogen-bond acceptors (Lipinski definition) is 3. The highest BCUT2D eigenvalue weighted by atomic mass is 16.3. The van der Waals surface area contributed by atoms with Gasteiger partial charge in [0.15, 0.2) is 0 Å². The third-order valence-electron chi connectivity index (χ3n) is 5.15. The van der Waals surface area contributed by atoms with Gasteiger partial charge in [0.1, 0.15) is 0 Å². The first-order chi connectivity index (χ1) is 12.2. The molecule has 0 aliphatic heterocycles. The predicted molar refractivity (Wildman–Crippen MR) is 110 cm³/mol. The van der Waals surface area contributed by atoms with E-state index in [0.717, 1.165) is 6.42 Å². The molecule has 0 saturated carbocycles. The van der Waals surface area contributed by atoms with Gasteiger partial charge in [0.2, 0.25) is 0 Å². The molecule has 0 aliphatic carbocycles. The van der Waals surface area contributed by atoms with E-state index in [1.807, 2.05) is 0 Å². The molecule has 0 spiro atoms. The minimum Gasteiger partial charge on any atom is -0.394 e. The van der Waals surface area contributed by atoms with E-state index in [-0.39, 0.29) is 6.61 Å². The molecule has 0 fully saturated rings. The van der Waals surface area contributed by atoms with Crippen molar-refractivity contribution < 1.29 is 10.2 Å². The summed E-state index contributed by atoms with van der Waals surface area (Å²) in [4.78, 5) is 0. The van der Waals surface area contributed by atoms with E-state index in [1.54, 1.807) is 0 Å². The highest BCUT2D eigenvalue weighted by molar-refractivity contribution is 4.64. The highest BCUT2D eigenvalue weighted by Gasteiger charge is 2.05. The Labute approximate surface area is 158 Å². The summed E-state index contributed by atoms with van der Waals surface area (Å²) in [5.41, 5.74) is 0. The van der Waals surface area contributed by atoms with Crippen molar-refractivity contribution >= 4 is 0 Å². The molecule has 0 heterocycles.